The lowest BCUT2D eigenvalue weighted by atomic mass is 9.94. The first-order chi connectivity index (χ1) is 8.83. The Hall–Kier alpha value is -1.64. The zero-order valence-electron chi connectivity index (χ0n) is 10.8. The number of ether oxygens (including phenoxy) is 1. The first-order valence-electron chi connectivity index (χ1n) is 6.55. The smallest absolute Gasteiger partial charge is 0.224 e. The lowest BCUT2D eigenvalue weighted by Gasteiger charge is -2.12. The second kappa shape index (κ2) is 6.34. The van der Waals surface area contributed by atoms with Crippen molar-refractivity contribution in [2.45, 2.75) is 38.5 Å². The fraction of sp³-hybridized carbons (Fsp3) is 0.467. The SMILES string of the molecule is COc1ncccc1C(=O)/C1=C/CCCCCC1. The van der Waals surface area contributed by atoms with E-state index < -0.39 is 0 Å². The summed E-state index contributed by atoms with van der Waals surface area (Å²) in [6, 6.07) is 3.56. The predicted octanol–water partition coefficient (Wildman–Crippen LogP) is 3.55. The second-order valence-corrected chi connectivity index (χ2v) is 4.57. The maximum atomic E-state index is 12.5. The standard InChI is InChI=1S/C15H19NO2/c1-18-15-13(10-7-11-16-15)14(17)12-8-5-3-2-4-6-9-12/h7-8,10-11H,2-6,9H2,1H3/b12-8+. The third-order valence-corrected chi connectivity index (χ3v) is 3.29. The van der Waals surface area contributed by atoms with Crippen LogP contribution in [0.15, 0.2) is 30.0 Å². The number of methoxy groups -OCH3 is 1. The Morgan fingerprint density at radius 2 is 2.11 bits per heavy atom. The largest absolute Gasteiger partial charge is 0.480 e. The molecule has 0 unspecified atom stereocenters. The van der Waals surface area contributed by atoms with E-state index in [2.05, 4.69) is 11.1 Å². The minimum absolute atomic E-state index is 0.0712. The van der Waals surface area contributed by atoms with Crippen LogP contribution in [0, 0.1) is 0 Å². The van der Waals surface area contributed by atoms with E-state index in [4.69, 9.17) is 4.74 Å². The highest BCUT2D eigenvalue weighted by molar-refractivity contribution is 6.10. The van der Waals surface area contributed by atoms with Crippen molar-refractivity contribution in [3.63, 3.8) is 0 Å². The molecule has 1 heterocycles. The maximum absolute atomic E-state index is 12.5. The molecule has 0 spiro atoms. The Labute approximate surface area is 108 Å². The van der Waals surface area contributed by atoms with Gasteiger partial charge in [-0.2, -0.15) is 0 Å². The van der Waals surface area contributed by atoms with Crippen LogP contribution >= 0.6 is 0 Å². The minimum Gasteiger partial charge on any atom is -0.480 e. The van der Waals surface area contributed by atoms with Crippen LogP contribution in [0.1, 0.15) is 48.9 Å². The molecule has 0 saturated heterocycles. The van der Waals surface area contributed by atoms with E-state index in [-0.39, 0.29) is 5.78 Å². The monoisotopic (exact) mass is 245 g/mol. The van der Waals surface area contributed by atoms with E-state index in [1.54, 1.807) is 25.4 Å². The molecule has 0 N–H and O–H groups in total. The molecule has 1 aliphatic carbocycles. The van der Waals surface area contributed by atoms with Gasteiger partial charge in [0.25, 0.3) is 0 Å². The Morgan fingerprint density at radius 1 is 1.28 bits per heavy atom. The molecule has 0 bridgehead atoms. The summed E-state index contributed by atoms with van der Waals surface area (Å²) in [6.45, 7) is 0. The van der Waals surface area contributed by atoms with Crippen molar-refractivity contribution in [2.75, 3.05) is 7.11 Å². The molecule has 18 heavy (non-hydrogen) atoms. The van der Waals surface area contributed by atoms with Gasteiger partial charge < -0.3 is 4.74 Å². The second-order valence-electron chi connectivity index (χ2n) is 4.57. The molecule has 2 rings (SSSR count). The van der Waals surface area contributed by atoms with Crippen molar-refractivity contribution >= 4 is 5.78 Å². The lowest BCUT2D eigenvalue weighted by Crippen LogP contribution is -2.08. The van der Waals surface area contributed by atoms with E-state index in [1.165, 1.54) is 19.3 Å². The Balaban J connectivity index is 2.23. The summed E-state index contributed by atoms with van der Waals surface area (Å²) in [6.07, 6.45) is 10.4. The summed E-state index contributed by atoms with van der Waals surface area (Å²) in [7, 11) is 1.55. The van der Waals surface area contributed by atoms with E-state index >= 15 is 0 Å². The molecule has 0 atom stereocenters. The molecule has 0 amide bonds. The summed E-state index contributed by atoms with van der Waals surface area (Å²) in [4.78, 5) is 16.5. The molecule has 96 valence electrons. The highest BCUT2D eigenvalue weighted by Crippen LogP contribution is 2.24. The topological polar surface area (TPSA) is 39.2 Å². The van der Waals surface area contributed by atoms with Crippen LogP contribution < -0.4 is 4.74 Å². The molecule has 0 saturated carbocycles. The van der Waals surface area contributed by atoms with Crippen molar-refractivity contribution in [2.24, 2.45) is 0 Å². The number of nitrogens with zero attached hydrogens (tertiary/aromatic N) is 1. The van der Waals surface area contributed by atoms with Crippen LogP contribution in [-0.2, 0) is 0 Å². The maximum Gasteiger partial charge on any atom is 0.224 e. The summed E-state index contributed by atoms with van der Waals surface area (Å²) in [5, 5.41) is 0. The van der Waals surface area contributed by atoms with E-state index in [9.17, 15) is 4.79 Å². The molecule has 0 aliphatic heterocycles. The number of hydrogen-bond acceptors (Lipinski definition) is 3. The number of carbonyl (C=O) groups is 1. The third kappa shape index (κ3) is 2.97. The molecular weight excluding hydrogens is 226 g/mol. The van der Waals surface area contributed by atoms with Crippen molar-refractivity contribution in [3.05, 3.63) is 35.5 Å². The van der Waals surface area contributed by atoms with Gasteiger partial charge in [-0.1, -0.05) is 18.9 Å². The van der Waals surface area contributed by atoms with E-state index in [0.717, 1.165) is 24.8 Å². The molecule has 0 fully saturated rings. The average molecular weight is 245 g/mol. The predicted molar refractivity (Wildman–Crippen MR) is 70.9 cm³/mol. The van der Waals surface area contributed by atoms with E-state index in [0.29, 0.717) is 11.4 Å². The molecule has 0 aromatic carbocycles. The van der Waals surface area contributed by atoms with Crippen LogP contribution in [-0.4, -0.2) is 17.9 Å². The van der Waals surface area contributed by atoms with Gasteiger partial charge in [0.2, 0.25) is 5.88 Å². The third-order valence-electron chi connectivity index (χ3n) is 3.29. The summed E-state index contributed by atoms with van der Waals surface area (Å²) in [5.74, 6) is 0.493. The zero-order chi connectivity index (χ0) is 12.8. The van der Waals surface area contributed by atoms with Crippen LogP contribution in [0.5, 0.6) is 5.88 Å². The number of Topliss-reactive ketones (excluding diaryl/α,β-unsaturated/α-hetero) is 1. The van der Waals surface area contributed by atoms with E-state index in [1.807, 2.05) is 0 Å². The van der Waals surface area contributed by atoms with Crippen molar-refractivity contribution < 1.29 is 9.53 Å². The van der Waals surface area contributed by atoms with Gasteiger partial charge in [-0.05, 0) is 43.4 Å². The number of rotatable bonds is 3. The van der Waals surface area contributed by atoms with Gasteiger partial charge in [-0.15, -0.1) is 0 Å². The average Bonchev–Trinajstić information content (AvgIpc) is 2.37. The summed E-state index contributed by atoms with van der Waals surface area (Å²) >= 11 is 0. The highest BCUT2D eigenvalue weighted by Gasteiger charge is 2.17. The van der Waals surface area contributed by atoms with Gasteiger partial charge in [0.1, 0.15) is 0 Å². The van der Waals surface area contributed by atoms with Crippen molar-refractivity contribution in [1.82, 2.24) is 4.98 Å². The molecule has 1 aromatic rings. The van der Waals surface area contributed by atoms with Crippen LogP contribution in [0.2, 0.25) is 0 Å². The lowest BCUT2D eigenvalue weighted by molar-refractivity contribution is 0.102. The Bertz CT molecular complexity index is 452. The number of aromatic nitrogens is 1. The summed E-state index contributed by atoms with van der Waals surface area (Å²) < 4.78 is 5.15. The summed E-state index contributed by atoms with van der Waals surface area (Å²) in [5.41, 5.74) is 1.49. The molecule has 3 heteroatoms. The molecular formula is C15H19NO2. The van der Waals surface area contributed by atoms with Gasteiger partial charge in [-0.3, -0.25) is 4.79 Å². The zero-order valence-corrected chi connectivity index (χ0v) is 10.8. The van der Waals surface area contributed by atoms with Gasteiger partial charge >= 0.3 is 0 Å². The molecule has 1 aliphatic rings. The quantitative estimate of drug-likeness (QED) is 0.764. The minimum atomic E-state index is 0.0712. The van der Waals surface area contributed by atoms with Crippen LogP contribution in [0.4, 0.5) is 0 Å². The number of carbonyl (C=O) groups excluding carboxylic acids is 1. The van der Waals surface area contributed by atoms with Crippen LogP contribution in [0.25, 0.3) is 0 Å². The van der Waals surface area contributed by atoms with Gasteiger partial charge in [0, 0.05) is 6.20 Å². The number of allylic oxidation sites excluding steroid dienone is 2. The number of ketones is 1. The first kappa shape index (κ1) is 12.8. The first-order valence-corrected chi connectivity index (χ1v) is 6.55. The van der Waals surface area contributed by atoms with Crippen LogP contribution in [0.3, 0.4) is 0 Å². The fourth-order valence-electron chi connectivity index (χ4n) is 2.30. The van der Waals surface area contributed by atoms with Gasteiger partial charge in [0.05, 0.1) is 12.7 Å². The molecule has 0 radical (unpaired) electrons. The number of hydrogen-bond donors (Lipinski definition) is 0. The van der Waals surface area contributed by atoms with Gasteiger partial charge in [-0.25, -0.2) is 4.98 Å². The number of pyridine rings is 1. The molecule has 3 nitrogen and oxygen atoms in total. The normalized spacial score (nSPS) is 19.3. The Kier molecular flexibility index (Phi) is 4.51. The Morgan fingerprint density at radius 3 is 2.94 bits per heavy atom. The van der Waals surface area contributed by atoms with Crippen molar-refractivity contribution in [1.29, 1.82) is 0 Å². The fourth-order valence-corrected chi connectivity index (χ4v) is 2.30. The highest BCUT2D eigenvalue weighted by atomic mass is 16.5. The van der Waals surface area contributed by atoms with Gasteiger partial charge in [0.15, 0.2) is 5.78 Å². The molecule has 1 aromatic heterocycles. The van der Waals surface area contributed by atoms with Crippen molar-refractivity contribution in [3.8, 4) is 5.88 Å².